The van der Waals surface area contributed by atoms with Crippen LogP contribution in [0, 0.1) is 11.8 Å². The predicted molar refractivity (Wildman–Crippen MR) is 81.4 cm³/mol. The fraction of sp³-hybridized carbons (Fsp3) is 0.667. The lowest BCUT2D eigenvalue weighted by Gasteiger charge is -2.32. The van der Waals surface area contributed by atoms with E-state index in [2.05, 4.69) is 34.3 Å². The first-order valence-electron chi connectivity index (χ1n) is 7.50. The van der Waals surface area contributed by atoms with Crippen molar-refractivity contribution in [3.63, 3.8) is 0 Å². The molecule has 1 aromatic rings. The number of hydrogen-bond acceptors (Lipinski definition) is 5. The molecular formula is C15H24N4O2. The van der Waals surface area contributed by atoms with Crippen LogP contribution in [0.2, 0.25) is 0 Å². The maximum absolute atomic E-state index is 12.2. The van der Waals surface area contributed by atoms with Gasteiger partial charge < -0.3 is 15.0 Å². The maximum atomic E-state index is 12.2. The first kappa shape index (κ1) is 15.5. The van der Waals surface area contributed by atoms with E-state index < -0.39 is 0 Å². The highest BCUT2D eigenvalue weighted by molar-refractivity contribution is 5.79. The summed E-state index contributed by atoms with van der Waals surface area (Å²) in [5.41, 5.74) is 0. The Hall–Kier alpha value is -1.85. The van der Waals surface area contributed by atoms with Crippen LogP contribution >= 0.6 is 0 Å². The molecule has 6 nitrogen and oxygen atoms in total. The number of ether oxygens (including phenoxy) is 1. The molecule has 6 heteroatoms. The topological polar surface area (TPSA) is 67.3 Å². The number of methoxy groups -OCH3 is 1. The summed E-state index contributed by atoms with van der Waals surface area (Å²) in [4.78, 5) is 14.3. The van der Waals surface area contributed by atoms with Crippen molar-refractivity contribution in [2.45, 2.75) is 26.7 Å². The highest BCUT2D eigenvalue weighted by Crippen LogP contribution is 2.22. The van der Waals surface area contributed by atoms with E-state index in [-0.39, 0.29) is 11.8 Å². The van der Waals surface area contributed by atoms with Gasteiger partial charge in [0.1, 0.15) is 0 Å². The Morgan fingerprint density at radius 2 is 2.29 bits per heavy atom. The number of aromatic nitrogens is 2. The maximum Gasteiger partial charge on any atom is 0.233 e. The van der Waals surface area contributed by atoms with Crippen molar-refractivity contribution in [3.8, 4) is 5.88 Å². The number of nitrogens with zero attached hydrogens (tertiary/aromatic N) is 3. The van der Waals surface area contributed by atoms with Crippen LogP contribution in [0.25, 0.3) is 0 Å². The molecule has 0 spiro atoms. The lowest BCUT2D eigenvalue weighted by molar-refractivity contribution is -0.125. The fourth-order valence-electron chi connectivity index (χ4n) is 2.44. The second kappa shape index (κ2) is 7.24. The minimum Gasteiger partial charge on any atom is -0.480 e. The monoisotopic (exact) mass is 292 g/mol. The normalized spacial score (nSPS) is 18.7. The average Bonchev–Trinajstić information content (AvgIpc) is 2.52. The number of carbonyl (C=O) groups excluding carboxylic acids is 1. The minimum atomic E-state index is 0.0291. The van der Waals surface area contributed by atoms with E-state index in [0.717, 1.165) is 31.7 Å². The van der Waals surface area contributed by atoms with E-state index in [4.69, 9.17) is 4.74 Å². The molecule has 1 N–H and O–H groups in total. The Balaban J connectivity index is 1.94. The summed E-state index contributed by atoms with van der Waals surface area (Å²) in [6, 6.07) is 3.69. The third-order valence-electron chi connectivity index (χ3n) is 3.64. The molecule has 1 aliphatic heterocycles. The summed E-state index contributed by atoms with van der Waals surface area (Å²) in [5, 5.41) is 11.2. The Morgan fingerprint density at radius 1 is 1.48 bits per heavy atom. The molecule has 116 valence electrons. The van der Waals surface area contributed by atoms with Crippen LogP contribution in [-0.2, 0) is 4.79 Å². The van der Waals surface area contributed by atoms with Gasteiger partial charge in [0.15, 0.2) is 5.82 Å². The van der Waals surface area contributed by atoms with Crippen molar-refractivity contribution >= 4 is 11.7 Å². The molecule has 0 aliphatic carbocycles. The second-order valence-electron chi connectivity index (χ2n) is 5.86. The van der Waals surface area contributed by atoms with E-state index in [1.54, 1.807) is 13.2 Å². The lowest BCUT2D eigenvalue weighted by atomic mass is 9.97. The molecule has 0 radical (unpaired) electrons. The van der Waals surface area contributed by atoms with Crippen molar-refractivity contribution in [1.82, 2.24) is 15.5 Å². The highest BCUT2D eigenvalue weighted by atomic mass is 16.5. The first-order chi connectivity index (χ1) is 10.1. The Morgan fingerprint density at radius 3 is 2.90 bits per heavy atom. The van der Waals surface area contributed by atoms with Gasteiger partial charge in [-0.2, -0.15) is 0 Å². The molecule has 1 aliphatic rings. The van der Waals surface area contributed by atoms with Crippen molar-refractivity contribution in [2.24, 2.45) is 11.8 Å². The number of nitrogens with one attached hydrogen (secondary N) is 1. The number of hydrogen-bond donors (Lipinski definition) is 1. The van der Waals surface area contributed by atoms with Gasteiger partial charge in [0.2, 0.25) is 11.8 Å². The van der Waals surface area contributed by atoms with E-state index in [0.29, 0.717) is 18.3 Å². The molecule has 2 heterocycles. The number of piperidine rings is 1. The van der Waals surface area contributed by atoms with Crippen LogP contribution < -0.4 is 15.0 Å². The molecule has 1 aromatic heterocycles. The SMILES string of the molecule is COc1ccc(N2CCC[C@H](C(=O)NCC(C)C)C2)nn1. The molecule has 1 saturated heterocycles. The van der Waals surface area contributed by atoms with Crippen LogP contribution in [0.5, 0.6) is 5.88 Å². The molecule has 2 rings (SSSR count). The predicted octanol–water partition coefficient (Wildman–Crippen LogP) is 1.47. The van der Waals surface area contributed by atoms with Crippen LogP contribution in [0.4, 0.5) is 5.82 Å². The number of amides is 1. The largest absolute Gasteiger partial charge is 0.480 e. The number of anilines is 1. The Bertz CT molecular complexity index is 461. The molecule has 0 saturated carbocycles. The van der Waals surface area contributed by atoms with Gasteiger partial charge in [-0.25, -0.2) is 0 Å². The zero-order valence-corrected chi connectivity index (χ0v) is 13.0. The summed E-state index contributed by atoms with van der Waals surface area (Å²) in [5.74, 6) is 1.96. The van der Waals surface area contributed by atoms with Gasteiger partial charge in [-0.05, 0) is 24.8 Å². The average molecular weight is 292 g/mol. The minimum absolute atomic E-state index is 0.0291. The van der Waals surface area contributed by atoms with E-state index in [9.17, 15) is 4.79 Å². The van der Waals surface area contributed by atoms with Crippen molar-refractivity contribution in [3.05, 3.63) is 12.1 Å². The van der Waals surface area contributed by atoms with Gasteiger partial charge in [0.05, 0.1) is 13.0 Å². The van der Waals surface area contributed by atoms with Gasteiger partial charge in [0, 0.05) is 25.7 Å². The molecule has 21 heavy (non-hydrogen) atoms. The van der Waals surface area contributed by atoms with Crippen LogP contribution in [0.3, 0.4) is 0 Å². The summed E-state index contributed by atoms with van der Waals surface area (Å²) < 4.78 is 5.01. The van der Waals surface area contributed by atoms with Gasteiger partial charge >= 0.3 is 0 Å². The van der Waals surface area contributed by atoms with Crippen LogP contribution in [-0.4, -0.2) is 42.8 Å². The fourth-order valence-corrected chi connectivity index (χ4v) is 2.44. The summed E-state index contributed by atoms with van der Waals surface area (Å²) in [6.45, 7) is 6.54. The Labute approximate surface area is 125 Å². The first-order valence-corrected chi connectivity index (χ1v) is 7.50. The quantitative estimate of drug-likeness (QED) is 0.890. The van der Waals surface area contributed by atoms with E-state index in [1.165, 1.54) is 0 Å². The molecule has 0 aromatic carbocycles. The van der Waals surface area contributed by atoms with Gasteiger partial charge in [-0.3, -0.25) is 4.79 Å². The molecule has 1 fully saturated rings. The van der Waals surface area contributed by atoms with Crippen LogP contribution in [0.15, 0.2) is 12.1 Å². The summed E-state index contributed by atoms with van der Waals surface area (Å²) in [6.07, 6.45) is 1.93. The van der Waals surface area contributed by atoms with E-state index >= 15 is 0 Å². The number of carbonyl (C=O) groups is 1. The van der Waals surface area contributed by atoms with Gasteiger partial charge in [-0.1, -0.05) is 13.8 Å². The third kappa shape index (κ3) is 4.31. The van der Waals surface area contributed by atoms with Gasteiger partial charge in [-0.15, -0.1) is 10.2 Å². The van der Waals surface area contributed by atoms with Crippen molar-refractivity contribution < 1.29 is 9.53 Å². The zero-order valence-electron chi connectivity index (χ0n) is 13.0. The second-order valence-corrected chi connectivity index (χ2v) is 5.86. The van der Waals surface area contributed by atoms with Crippen LogP contribution in [0.1, 0.15) is 26.7 Å². The molecular weight excluding hydrogens is 268 g/mol. The zero-order chi connectivity index (χ0) is 15.2. The summed E-state index contributed by atoms with van der Waals surface area (Å²) in [7, 11) is 1.57. The molecule has 1 amide bonds. The third-order valence-corrected chi connectivity index (χ3v) is 3.64. The standard InChI is InChI=1S/C15H24N4O2/c1-11(2)9-16-15(20)12-5-4-8-19(10-12)13-6-7-14(21-3)18-17-13/h6-7,11-12H,4-5,8-10H2,1-3H3,(H,16,20)/t12-/m0/s1. The van der Waals surface area contributed by atoms with Gasteiger partial charge in [0.25, 0.3) is 0 Å². The summed E-state index contributed by atoms with van der Waals surface area (Å²) >= 11 is 0. The molecule has 0 bridgehead atoms. The van der Waals surface area contributed by atoms with Crippen molar-refractivity contribution in [1.29, 1.82) is 0 Å². The number of rotatable bonds is 5. The van der Waals surface area contributed by atoms with E-state index in [1.807, 2.05) is 6.07 Å². The smallest absolute Gasteiger partial charge is 0.233 e. The molecule has 0 unspecified atom stereocenters. The van der Waals surface area contributed by atoms with Crippen molar-refractivity contribution in [2.75, 3.05) is 31.6 Å². The Kier molecular flexibility index (Phi) is 5.36. The lowest BCUT2D eigenvalue weighted by Crippen LogP contribution is -2.44. The highest BCUT2D eigenvalue weighted by Gasteiger charge is 2.26. The molecule has 1 atom stereocenters.